The molecule has 22 heavy (non-hydrogen) atoms. The Morgan fingerprint density at radius 3 is 2.50 bits per heavy atom. The molecule has 3 aromatic rings. The van der Waals surface area contributed by atoms with E-state index in [0.29, 0.717) is 17.2 Å². The van der Waals surface area contributed by atoms with Crippen molar-refractivity contribution < 1.29 is 4.79 Å². The summed E-state index contributed by atoms with van der Waals surface area (Å²) in [5.74, 6) is -0.238. The Hall–Kier alpha value is -2.96. The van der Waals surface area contributed by atoms with Crippen molar-refractivity contribution in [2.45, 2.75) is 19.8 Å². The average Bonchev–Trinajstić information content (AvgIpc) is 2.82. The van der Waals surface area contributed by atoms with Gasteiger partial charge in [-0.2, -0.15) is 0 Å². The highest BCUT2D eigenvalue weighted by atomic mass is 16.2. The van der Waals surface area contributed by atoms with Crippen LogP contribution < -0.4 is 11.4 Å². The predicted octanol–water partition coefficient (Wildman–Crippen LogP) is 1.33. The SMILES string of the molecule is CC(C)c1nc(C(N)=O)c2[nH]c(=O)n(-c3ccccc3)c2n1. The third-order valence-electron chi connectivity index (χ3n) is 3.32. The zero-order valence-corrected chi connectivity index (χ0v) is 12.2. The second kappa shape index (κ2) is 5.10. The molecular weight excluding hydrogens is 282 g/mol. The lowest BCUT2D eigenvalue weighted by molar-refractivity contribution is 0.0996. The molecule has 0 radical (unpaired) electrons. The van der Waals surface area contributed by atoms with E-state index in [1.165, 1.54) is 4.57 Å². The summed E-state index contributed by atoms with van der Waals surface area (Å²) in [5, 5.41) is 0. The fourth-order valence-electron chi connectivity index (χ4n) is 2.25. The van der Waals surface area contributed by atoms with Crippen molar-refractivity contribution in [2.24, 2.45) is 5.73 Å². The van der Waals surface area contributed by atoms with E-state index in [9.17, 15) is 9.59 Å². The van der Waals surface area contributed by atoms with E-state index in [-0.39, 0.29) is 22.8 Å². The number of rotatable bonds is 3. The standard InChI is InChI=1S/C15H15N5O2/c1-8(2)13-17-10(12(16)21)11-14(19-13)20(15(22)18-11)9-6-4-3-5-7-9/h3-8H,1-2H3,(H2,16,21)(H,18,22). The predicted molar refractivity (Wildman–Crippen MR) is 82.1 cm³/mol. The largest absolute Gasteiger partial charge is 0.364 e. The summed E-state index contributed by atoms with van der Waals surface area (Å²) in [6, 6.07) is 9.07. The van der Waals surface area contributed by atoms with Gasteiger partial charge in [-0.05, 0) is 12.1 Å². The molecule has 3 rings (SSSR count). The molecule has 7 nitrogen and oxygen atoms in total. The summed E-state index contributed by atoms with van der Waals surface area (Å²) < 4.78 is 1.41. The highest BCUT2D eigenvalue weighted by Crippen LogP contribution is 2.19. The van der Waals surface area contributed by atoms with Crippen LogP contribution in [0.3, 0.4) is 0 Å². The van der Waals surface area contributed by atoms with Gasteiger partial charge in [0.2, 0.25) is 0 Å². The summed E-state index contributed by atoms with van der Waals surface area (Å²) in [4.78, 5) is 35.2. The minimum absolute atomic E-state index is 0.00303. The molecule has 2 aromatic heterocycles. The first-order valence-corrected chi connectivity index (χ1v) is 6.87. The van der Waals surface area contributed by atoms with E-state index in [1.54, 1.807) is 12.1 Å². The fourth-order valence-corrected chi connectivity index (χ4v) is 2.25. The lowest BCUT2D eigenvalue weighted by Crippen LogP contribution is -2.16. The lowest BCUT2D eigenvalue weighted by atomic mass is 10.2. The van der Waals surface area contributed by atoms with Gasteiger partial charge in [0.15, 0.2) is 11.3 Å². The molecule has 0 atom stereocenters. The van der Waals surface area contributed by atoms with Gasteiger partial charge < -0.3 is 10.7 Å². The number of primary amides is 1. The molecule has 0 aliphatic carbocycles. The number of nitrogens with zero attached hydrogens (tertiary/aromatic N) is 3. The molecule has 1 aromatic carbocycles. The van der Waals surface area contributed by atoms with E-state index < -0.39 is 5.91 Å². The molecule has 0 aliphatic heterocycles. The van der Waals surface area contributed by atoms with E-state index in [0.717, 1.165) is 0 Å². The third-order valence-corrected chi connectivity index (χ3v) is 3.32. The van der Waals surface area contributed by atoms with Gasteiger partial charge in [0.05, 0.1) is 5.69 Å². The van der Waals surface area contributed by atoms with E-state index in [1.807, 2.05) is 32.0 Å². The van der Waals surface area contributed by atoms with Crippen LogP contribution in [0.2, 0.25) is 0 Å². The first kappa shape index (κ1) is 14.0. The number of H-pyrrole nitrogens is 1. The van der Waals surface area contributed by atoms with Gasteiger partial charge >= 0.3 is 5.69 Å². The van der Waals surface area contributed by atoms with Crippen LogP contribution in [-0.2, 0) is 0 Å². The van der Waals surface area contributed by atoms with E-state index in [2.05, 4.69) is 15.0 Å². The maximum Gasteiger partial charge on any atom is 0.332 e. The second-order valence-corrected chi connectivity index (χ2v) is 5.25. The van der Waals surface area contributed by atoms with Crippen LogP contribution in [0.5, 0.6) is 0 Å². The van der Waals surface area contributed by atoms with Crippen molar-refractivity contribution in [3.8, 4) is 5.69 Å². The Balaban J connectivity index is 2.42. The van der Waals surface area contributed by atoms with Crippen LogP contribution >= 0.6 is 0 Å². The summed E-state index contributed by atoms with van der Waals surface area (Å²) in [6.07, 6.45) is 0. The van der Waals surface area contributed by atoms with Gasteiger partial charge in [-0.15, -0.1) is 0 Å². The number of amides is 1. The maximum atomic E-state index is 12.3. The summed E-state index contributed by atoms with van der Waals surface area (Å²) in [6.45, 7) is 3.81. The molecule has 7 heteroatoms. The molecule has 1 amide bonds. The number of aromatic amines is 1. The van der Waals surface area contributed by atoms with Crippen molar-refractivity contribution in [1.29, 1.82) is 0 Å². The highest BCUT2D eigenvalue weighted by molar-refractivity contribution is 6.01. The monoisotopic (exact) mass is 297 g/mol. The van der Waals surface area contributed by atoms with Gasteiger partial charge in [-0.25, -0.2) is 19.3 Å². The Morgan fingerprint density at radius 2 is 1.91 bits per heavy atom. The number of hydrogen-bond acceptors (Lipinski definition) is 4. The van der Waals surface area contributed by atoms with Gasteiger partial charge in [-0.3, -0.25) is 4.79 Å². The smallest absolute Gasteiger partial charge is 0.332 e. The second-order valence-electron chi connectivity index (χ2n) is 5.25. The van der Waals surface area contributed by atoms with Crippen LogP contribution in [0.4, 0.5) is 0 Å². The molecule has 0 unspecified atom stereocenters. The normalized spacial score (nSPS) is 11.2. The Kier molecular flexibility index (Phi) is 3.25. The number of benzene rings is 1. The molecule has 0 saturated carbocycles. The lowest BCUT2D eigenvalue weighted by Gasteiger charge is -2.07. The summed E-state index contributed by atoms with van der Waals surface area (Å²) in [7, 11) is 0. The first-order chi connectivity index (χ1) is 10.5. The first-order valence-electron chi connectivity index (χ1n) is 6.87. The number of nitrogens with two attached hydrogens (primary N) is 1. The van der Waals surface area contributed by atoms with Crippen LogP contribution in [0.15, 0.2) is 35.1 Å². The minimum atomic E-state index is -0.698. The summed E-state index contributed by atoms with van der Waals surface area (Å²) in [5.41, 5.74) is 6.29. The number of imidazole rings is 1. The molecule has 0 aliphatic rings. The number of carbonyl (C=O) groups excluding carboxylic acids is 1. The highest BCUT2D eigenvalue weighted by Gasteiger charge is 2.20. The van der Waals surface area contributed by atoms with Crippen LogP contribution in [0.1, 0.15) is 36.1 Å². The maximum absolute atomic E-state index is 12.3. The van der Waals surface area contributed by atoms with Crippen molar-refractivity contribution >= 4 is 17.1 Å². The number of hydrogen-bond donors (Lipinski definition) is 2. The zero-order valence-electron chi connectivity index (χ0n) is 12.2. The molecule has 0 spiro atoms. The van der Waals surface area contributed by atoms with Crippen LogP contribution in [0.25, 0.3) is 16.9 Å². The quantitative estimate of drug-likeness (QED) is 0.760. The molecule has 112 valence electrons. The molecule has 0 saturated heterocycles. The zero-order chi connectivity index (χ0) is 15.9. The Bertz CT molecular complexity index is 909. The molecule has 3 N–H and O–H groups in total. The molecule has 2 heterocycles. The number of aromatic nitrogens is 4. The van der Waals surface area contributed by atoms with E-state index in [4.69, 9.17) is 5.73 Å². The van der Waals surface area contributed by atoms with Crippen molar-refractivity contribution in [3.63, 3.8) is 0 Å². The number of fused-ring (bicyclic) bond motifs is 1. The number of para-hydroxylation sites is 1. The van der Waals surface area contributed by atoms with Crippen LogP contribution in [0, 0.1) is 0 Å². The Morgan fingerprint density at radius 1 is 1.23 bits per heavy atom. The number of carbonyl (C=O) groups is 1. The van der Waals surface area contributed by atoms with Gasteiger partial charge in [0.25, 0.3) is 5.91 Å². The van der Waals surface area contributed by atoms with Crippen molar-refractivity contribution in [1.82, 2.24) is 19.5 Å². The average molecular weight is 297 g/mol. The van der Waals surface area contributed by atoms with Crippen molar-refractivity contribution in [3.05, 3.63) is 52.3 Å². The topological polar surface area (TPSA) is 107 Å². The van der Waals surface area contributed by atoms with Gasteiger partial charge in [0, 0.05) is 5.92 Å². The summed E-state index contributed by atoms with van der Waals surface area (Å²) >= 11 is 0. The number of nitrogens with one attached hydrogen (secondary N) is 1. The van der Waals surface area contributed by atoms with Crippen molar-refractivity contribution in [2.75, 3.05) is 0 Å². The van der Waals surface area contributed by atoms with Gasteiger partial charge in [0.1, 0.15) is 11.3 Å². The minimum Gasteiger partial charge on any atom is -0.364 e. The Labute approximate surface area is 125 Å². The molecule has 0 bridgehead atoms. The van der Waals surface area contributed by atoms with Crippen LogP contribution in [-0.4, -0.2) is 25.4 Å². The third kappa shape index (κ3) is 2.16. The fraction of sp³-hybridized carbons (Fsp3) is 0.200. The molecule has 0 fully saturated rings. The van der Waals surface area contributed by atoms with Gasteiger partial charge in [-0.1, -0.05) is 32.0 Å². The van der Waals surface area contributed by atoms with E-state index >= 15 is 0 Å². The molecular formula is C15H15N5O2.